The van der Waals surface area contributed by atoms with Crippen LogP contribution in [0.5, 0.6) is 0 Å². The van der Waals surface area contributed by atoms with Crippen LogP contribution >= 0.6 is 12.2 Å². The van der Waals surface area contributed by atoms with Gasteiger partial charge in [0.1, 0.15) is 5.60 Å². The highest BCUT2D eigenvalue weighted by atomic mass is 32.1. The lowest BCUT2D eigenvalue weighted by Crippen LogP contribution is -2.28. The number of rotatable bonds is 4. The minimum atomic E-state index is -0.358. The lowest BCUT2D eigenvalue weighted by molar-refractivity contribution is -0.0120. The fourth-order valence-electron chi connectivity index (χ4n) is 1.41. The Morgan fingerprint density at radius 3 is 2.64 bits per heavy atom. The van der Waals surface area contributed by atoms with Crippen LogP contribution in [0.25, 0.3) is 0 Å². The van der Waals surface area contributed by atoms with Crippen LogP contribution in [0.15, 0.2) is 0 Å². The molecule has 0 amide bonds. The molecule has 0 aromatic carbocycles. The van der Waals surface area contributed by atoms with Crippen LogP contribution in [0, 0.1) is 4.77 Å². The van der Waals surface area contributed by atoms with Gasteiger partial charge in [0.2, 0.25) is 0 Å². The van der Waals surface area contributed by atoms with Gasteiger partial charge in [-0.2, -0.15) is 5.10 Å². The van der Waals surface area contributed by atoms with Crippen LogP contribution in [0.2, 0.25) is 0 Å². The highest BCUT2D eigenvalue weighted by Crippen LogP contribution is 2.26. The van der Waals surface area contributed by atoms with E-state index in [1.165, 1.54) is 0 Å². The predicted octanol–water partition coefficient (Wildman–Crippen LogP) is 2.23. The zero-order valence-corrected chi connectivity index (χ0v) is 9.94. The molecule has 1 N–H and O–H groups in total. The number of ether oxygens (including phenoxy) is 1. The molecule has 0 aliphatic carbocycles. The Balaban J connectivity index is 3.23. The molecular formula is C9H17N3OS. The van der Waals surface area contributed by atoms with Gasteiger partial charge < -0.3 is 9.30 Å². The zero-order chi connectivity index (χ0) is 10.8. The second kappa shape index (κ2) is 4.23. The molecule has 1 aromatic rings. The molecule has 0 aliphatic heterocycles. The molecule has 1 aromatic heterocycles. The average Bonchev–Trinajstić information content (AvgIpc) is 2.58. The Morgan fingerprint density at radius 1 is 1.57 bits per heavy atom. The van der Waals surface area contributed by atoms with Gasteiger partial charge in [-0.25, -0.2) is 0 Å². The first-order chi connectivity index (χ1) is 6.59. The Hall–Kier alpha value is -0.680. The van der Waals surface area contributed by atoms with Crippen molar-refractivity contribution >= 4 is 12.2 Å². The van der Waals surface area contributed by atoms with E-state index in [2.05, 4.69) is 17.1 Å². The summed E-state index contributed by atoms with van der Waals surface area (Å²) in [5.41, 5.74) is -0.358. The van der Waals surface area contributed by atoms with Crippen LogP contribution < -0.4 is 0 Å². The van der Waals surface area contributed by atoms with Gasteiger partial charge in [0.05, 0.1) is 0 Å². The monoisotopic (exact) mass is 215 g/mol. The molecule has 80 valence electrons. The number of H-pyrrole nitrogens is 1. The Labute approximate surface area is 89.3 Å². The van der Waals surface area contributed by atoms with E-state index >= 15 is 0 Å². The van der Waals surface area contributed by atoms with Gasteiger partial charge in [-0.3, -0.25) is 5.10 Å². The molecule has 1 unspecified atom stereocenters. The van der Waals surface area contributed by atoms with Gasteiger partial charge in [0.15, 0.2) is 10.6 Å². The smallest absolute Gasteiger partial charge is 0.195 e. The molecule has 5 heteroatoms. The van der Waals surface area contributed by atoms with Crippen molar-refractivity contribution in [3.05, 3.63) is 10.6 Å². The summed E-state index contributed by atoms with van der Waals surface area (Å²) in [6.07, 6.45) is 0.864. The first kappa shape index (κ1) is 11.4. The highest BCUT2D eigenvalue weighted by Gasteiger charge is 2.29. The van der Waals surface area contributed by atoms with Crippen molar-refractivity contribution < 1.29 is 4.74 Å². The Morgan fingerprint density at radius 2 is 2.21 bits per heavy atom. The average molecular weight is 215 g/mol. The van der Waals surface area contributed by atoms with Crippen LogP contribution in [0.4, 0.5) is 0 Å². The van der Waals surface area contributed by atoms with Gasteiger partial charge in [0, 0.05) is 13.7 Å². The van der Waals surface area contributed by atoms with Crippen molar-refractivity contribution in [3.8, 4) is 0 Å². The summed E-state index contributed by atoms with van der Waals surface area (Å²) in [5.74, 6) is 0.870. The van der Waals surface area contributed by atoms with E-state index in [4.69, 9.17) is 17.0 Å². The van der Waals surface area contributed by atoms with Crippen molar-refractivity contribution in [2.75, 3.05) is 7.11 Å². The second-order valence-electron chi connectivity index (χ2n) is 3.39. The minimum Gasteiger partial charge on any atom is -0.371 e. The second-order valence-corrected chi connectivity index (χ2v) is 3.77. The molecule has 1 rings (SSSR count). The maximum atomic E-state index is 5.48. The van der Waals surface area contributed by atoms with Crippen LogP contribution in [-0.2, 0) is 16.9 Å². The van der Waals surface area contributed by atoms with E-state index in [1.54, 1.807) is 7.11 Å². The summed E-state index contributed by atoms with van der Waals surface area (Å²) in [5, 5.41) is 7.02. The number of methoxy groups -OCH3 is 1. The van der Waals surface area contributed by atoms with Crippen LogP contribution in [-0.4, -0.2) is 21.9 Å². The number of aromatic amines is 1. The third kappa shape index (κ3) is 1.74. The molecular weight excluding hydrogens is 198 g/mol. The van der Waals surface area contributed by atoms with Crippen molar-refractivity contribution in [1.82, 2.24) is 14.8 Å². The van der Waals surface area contributed by atoms with Crippen molar-refractivity contribution in [2.24, 2.45) is 0 Å². The summed E-state index contributed by atoms with van der Waals surface area (Å²) in [6.45, 7) is 6.94. The molecule has 0 saturated carbocycles. The largest absolute Gasteiger partial charge is 0.371 e. The summed E-state index contributed by atoms with van der Waals surface area (Å²) in [6, 6.07) is 0. The summed E-state index contributed by atoms with van der Waals surface area (Å²) in [7, 11) is 1.70. The molecule has 14 heavy (non-hydrogen) atoms. The Kier molecular flexibility index (Phi) is 3.44. The van der Waals surface area contributed by atoms with E-state index in [0.717, 1.165) is 18.8 Å². The molecule has 0 saturated heterocycles. The van der Waals surface area contributed by atoms with Crippen molar-refractivity contribution in [3.63, 3.8) is 0 Å². The topological polar surface area (TPSA) is 42.8 Å². The van der Waals surface area contributed by atoms with E-state index in [0.29, 0.717) is 4.77 Å². The first-order valence-electron chi connectivity index (χ1n) is 4.79. The third-order valence-corrected chi connectivity index (χ3v) is 2.98. The lowest BCUT2D eigenvalue weighted by Gasteiger charge is -2.25. The normalized spacial score (nSPS) is 15.4. The van der Waals surface area contributed by atoms with Gasteiger partial charge in [-0.1, -0.05) is 6.92 Å². The molecule has 1 heterocycles. The first-order valence-corrected chi connectivity index (χ1v) is 5.20. The number of nitrogens with zero attached hydrogens (tertiary/aromatic N) is 2. The van der Waals surface area contributed by atoms with E-state index in [1.807, 2.05) is 18.4 Å². The molecule has 0 radical (unpaired) electrons. The van der Waals surface area contributed by atoms with Crippen LogP contribution in [0.1, 0.15) is 33.0 Å². The quantitative estimate of drug-likeness (QED) is 0.783. The van der Waals surface area contributed by atoms with Gasteiger partial charge in [0.25, 0.3) is 0 Å². The summed E-state index contributed by atoms with van der Waals surface area (Å²) < 4.78 is 8.09. The Bertz CT molecular complexity index is 351. The fraction of sp³-hybridized carbons (Fsp3) is 0.778. The van der Waals surface area contributed by atoms with Gasteiger partial charge in [-0.15, -0.1) is 0 Å². The SMILES string of the molecule is CCn1c(C(C)(CC)OC)n[nH]c1=S. The molecule has 0 fully saturated rings. The number of aromatic nitrogens is 3. The van der Waals surface area contributed by atoms with Gasteiger partial charge >= 0.3 is 0 Å². The maximum Gasteiger partial charge on any atom is 0.195 e. The molecule has 4 nitrogen and oxygen atoms in total. The number of hydrogen-bond acceptors (Lipinski definition) is 3. The predicted molar refractivity (Wildman–Crippen MR) is 57.7 cm³/mol. The minimum absolute atomic E-state index is 0.358. The van der Waals surface area contributed by atoms with Crippen molar-refractivity contribution in [2.45, 2.75) is 39.3 Å². The molecule has 0 aliphatic rings. The van der Waals surface area contributed by atoms with Crippen molar-refractivity contribution in [1.29, 1.82) is 0 Å². The third-order valence-electron chi connectivity index (χ3n) is 2.67. The number of hydrogen-bond donors (Lipinski definition) is 1. The van der Waals surface area contributed by atoms with E-state index in [9.17, 15) is 0 Å². The summed E-state index contributed by atoms with van der Waals surface area (Å²) >= 11 is 5.13. The molecule has 1 atom stereocenters. The maximum absolute atomic E-state index is 5.48. The highest BCUT2D eigenvalue weighted by molar-refractivity contribution is 7.71. The lowest BCUT2D eigenvalue weighted by atomic mass is 10.0. The summed E-state index contributed by atoms with van der Waals surface area (Å²) in [4.78, 5) is 0. The van der Waals surface area contributed by atoms with E-state index < -0.39 is 0 Å². The van der Waals surface area contributed by atoms with Crippen LogP contribution in [0.3, 0.4) is 0 Å². The molecule has 0 spiro atoms. The number of nitrogens with one attached hydrogen (secondary N) is 1. The fourth-order valence-corrected chi connectivity index (χ4v) is 1.67. The van der Waals surface area contributed by atoms with Gasteiger partial charge in [-0.05, 0) is 32.5 Å². The van der Waals surface area contributed by atoms with E-state index in [-0.39, 0.29) is 5.60 Å². The zero-order valence-electron chi connectivity index (χ0n) is 9.13. The molecule has 0 bridgehead atoms. The standard InChI is InChI=1S/C9H17N3OS/c1-5-9(3,13-4)7-10-11-8(14)12(7)6-2/h5-6H2,1-4H3,(H,11,14).